The number of carbonyl (C=O) groups excluding carboxylic acids is 4. The lowest BCUT2D eigenvalue weighted by Crippen LogP contribution is -2.50. The van der Waals surface area contributed by atoms with E-state index in [0.29, 0.717) is 16.5 Å². The number of nitrogens with one attached hydrogen (secondary N) is 1. The molecular formula is C26H29N4O8+. The molecule has 0 fully saturated rings. The molecule has 2 aromatic rings. The molecule has 2 rings (SSSR count). The minimum absolute atomic E-state index is 0.188. The minimum Gasteiger partial charge on any atom is -0.459 e. The normalized spacial score (nSPS) is 10.5. The molecule has 0 bridgehead atoms. The quantitative estimate of drug-likeness (QED) is 0.0870. The van der Waals surface area contributed by atoms with Gasteiger partial charge in [0.2, 0.25) is 0 Å². The van der Waals surface area contributed by atoms with E-state index in [9.17, 15) is 19.2 Å². The van der Waals surface area contributed by atoms with Gasteiger partial charge >= 0.3 is 24.1 Å². The molecule has 0 unspecified atom stereocenters. The Labute approximate surface area is 219 Å². The first-order valence-electron chi connectivity index (χ1n) is 11.4. The van der Waals surface area contributed by atoms with Crippen molar-refractivity contribution >= 4 is 35.5 Å². The van der Waals surface area contributed by atoms with Crippen molar-refractivity contribution in [2.45, 2.75) is 13.8 Å². The molecule has 0 aliphatic rings. The lowest BCUT2D eigenvalue weighted by Gasteiger charge is -2.16. The van der Waals surface area contributed by atoms with Crippen LogP contribution in [0.3, 0.4) is 0 Å². The molecule has 2 amide bonds. The highest BCUT2D eigenvalue weighted by molar-refractivity contribution is 5.87. The summed E-state index contributed by atoms with van der Waals surface area (Å²) >= 11 is 0. The molecule has 0 saturated carbocycles. The van der Waals surface area contributed by atoms with Crippen molar-refractivity contribution in [1.82, 2.24) is 10.5 Å². The van der Waals surface area contributed by atoms with Crippen LogP contribution in [0, 0.1) is 0 Å². The molecule has 0 heterocycles. The summed E-state index contributed by atoms with van der Waals surface area (Å²) in [4.78, 5) is 49.7. The van der Waals surface area contributed by atoms with E-state index in [4.69, 9.17) is 18.9 Å². The van der Waals surface area contributed by atoms with E-state index in [0.717, 1.165) is 4.81 Å². The third-order valence-electron chi connectivity index (χ3n) is 4.30. The Morgan fingerprint density at radius 2 is 1.24 bits per heavy atom. The zero-order chi connectivity index (χ0) is 27.9. The molecule has 0 aliphatic carbocycles. The van der Waals surface area contributed by atoms with Crippen molar-refractivity contribution < 1.29 is 42.9 Å². The maximum absolute atomic E-state index is 13.1. The van der Waals surface area contributed by atoms with Crippen molar-refractivity contribution in [2.24, 2.45) is 5.11 Å². The van der Waals surface area contributed by atoms with Crippen LogP contribution in [0.1, 0.15) is 13.8 Å². The molecule has 0 aromatic heterocycles. The predicted octanol–water partition coefficient (Wildman–Crippen LogP) is 4.35. The van der Waals surface area contributed by atoms with Gasteiger partial charge in [0.1, 0.15) is 32.1 Å². The van der Waals surface area contributed by atoms with Crippen molar-refractivity contribution in [1.29, 1.82) is 0 Å². The zero-order valence-electron chi connectivity index (χ0n) is 21.1. The molecule has 12 nitrogen and oxygen atoms in total. The summed E-state index contributed by atoms with van der Waals surface area (Å²) in [5, 5.41) is 5.12. The van der Waals surface area contributed by atoms with Gasteiger partial charge in [-0.25, -0.2) is 19.2 Å². The van der Waals surface area contributed by atoms with Gasteiger partial charge in [0, 0.05) is 28.4 Å². The molecule has 38 heavy (non-hydrogen) atoms. The van der Waals surface area contributed by atoms with E-state index < -0.39 is 24.1 Å². The number of azo groups is 1. The molecule has 12 heteroatoms. The second-order valence-electron chi connectivity index (χ2n) is 7.57. The molecule has 0 saturated heterocycles. The Morgan fingerprint density at radius 1 is 0.763 bits per heavy atom. The van der Waals surface area contributed by atoms with Gasteiger partial charge in [-0.1, -0.05) is 49.6 Å². The number of benzene rings is 2. The Balaban J connectivity index is 2.23. The van der Waals surface area contributed by atoms with Gasteiger partial charge in [-0.15, -0.1) is 0 Å². The summed E-state index contributed by atoms with van der Waals surface area (Å²) < 4.78 is 20.0. The molecule has 200 valence electrons. The number of esters is 2. The second-order valence-corrected chi connectivity index (χ2v) is 7.57. The second kappa shape index (κ2) is 15.2. The number of ether oxygens (including phenoxy) is 4. The summed E-state index contributed by atoms with van der Waals surface area (Å²) in [6, 6.07) is 17.1. The molecule has 0 atom stereocenters. The van der Waals surface area contributed by atoms with Crippen LogP contribution in [0.2, 0.25) is 0 Å². The number of hydrogen-bond acceptors (Lipinski definition) is 9. The average Bonchev–Trinajstić information content (AvgIpc) is 2.91. The SMILES string of the molecule is C=C(C)C(=O)OCCOC(=O)NN(C(=O)OCCOC(=O)C(=C)C)[N+](=Nc1ccccc1)c1ccccc1. The van der Waals surface area contributed by atoms with Gasteiger partial charge in [-0.3, -0.25) is 0 Å². The number of amides is 2. The largest absolute Gasteiger partial charge is 0.487 e. The van der Waals surface area contributed by atoms with E-state index >= 15 is 0 Å². The number of para-hydroxylation sites is 1. The Kier molecular flexibility index (Phi) is 11.7. The van der Waals surface area contributed by atoms with Gasteiger partial charge in [-0.2, -0.15) is 5.43 Å². The number of rotatable bonds is 11. The van der Waals surface area contributed by atoms with Crippen molar-refractivity contribution in [2.75, 3.05) is 26.4 Å². The first-order valence-corrected chi connectivity index (χ1v) is 11.4. The smallest absolute Gasteiger partial charge is 0.459 e. The summed E-state index contributed by atoms with van der Waals surface area (Å²) in [5.41, 5.74) is 3.48. The fourth-order valence-electron chi connectivity index (χ4n) is 2.51. The first-order chi connectivity index (χ1) is 18.2. The standard InChI is InChI=1S/C26H28N4O8/c1-19(2)23(31)35-15-17-37-25(33)28-30(26(34)38-18-16-36-24(32)20(3)4)29(22-13-9-6-10-14-22)27-21-11-7-5-8-12-21/h5-14H,1,3,15-18H2,2,4H3/p+1. The third-order valence-corrected chi connectivity index (χ3v) is 4.30. The number of hydrogen-bond donors (Lipinski definition) is 1. The summed E-state index contributed by atoms with van der Waals surface area (Å²) in [6.07, 6.45) is -2.13. The van der Waals surface area contributed by atoms with Crippen LogP contribution in [0.5, 0.6) is 0 Å². The third kappa shape index (κ3) is 9.93. The van der Waals surface area contributed by atoms with E-state index in [1.165, 1.54) is 13.8 Å². The molecular weight excluding hydrogens is 496 g/mol. The van der Waals surface area contributed by atoms with E-state index in [2.05, 4.69) is 23.7 Å². The number of hydrazine groups is 2. The van der Waals surface area contributed by atoms with Crippen LogP contribution in [0.15, 0.2) is 90.1 Å². The van der Waals surface area contributed by atoms with E-state index in [-0.39, 0.29) is 37.6 Å². The van der Waals surface area contributed by atoms with Crippen molar-refractivity contribution in [3.63, 3.8) is 0 Å². The van der Waals surface area contributed by atoms with Crippen molar-refractivity contribution in [3.05, 3.63) is 85.0 Å². The molecule has 0 spiro atoms. The summed E-state index contributed by atoms with van der Waals surface area (Å²) in [7, 11) is 0. The van der Waals surface area contributed by atoms with Gasteiger partial charge in [0.15, 0.2) is 0 Å². The molecule has 0 aliphatic heterocycles. The van der Waals surface area contributed by atoms with Gasteiger partial charge in [0.25, 0.3) is 5.69 Å². The highest BCUT2D eigenvalue weighted by Crippen LogP contribution is 2.19. The van der Waals surface area contributed by atoms with Crippen LogP contribution < -0.4 is 5.43 Å². The van der Waals surface area contributed by atoms with Crippen LogP contribution in [-0.4, -0.2) is 60.5 Å². The maximum Gasteiger partial charge on any atom is 0.487 e. The average molecular weight is 526 g/mol. The monoisotopic (exact) mass is 525 g/mol. The van der Waals surface area contributed by atoms with Crippen LogP contribution in [0.4, 0.5) is 21.0 Å². The fourth-order valence-corrected chi connectivity index (χ4v) is 2.51. The molecule has 1 N–H and O–H groups in total. The lowest BCUT2D eigenvalue weighted by atomic mass is 10.3. The van der Waals surface area contributed by atoms with E-state index in [1.807, 2.05) is 0 Å². The first kappa shape index (κ1) is 29.2. The van der Waals surface area contributed by atoms with Crippen LogP contribution in [0.25, 0.3) is 0 Å². The van der Waals surface area contributed by atoms with Gasteiger partial charge < -0.3 is 18.9 Å². The lowest BCUT2D eigenvalue weighted by molar-refractivity contribution is -0.667. The Bertz CT molecular complexity index is 1180. The van der Waals surface area contributed by atoms with Crippen LogP contribution >= 0.6 is 0 Å². The fraction of sp³-hybridized carbons (Fsp3) is 0.231. The van der Waals surface area contributed by atoms with Crippen molar-refractivity contribution in [3.8, 4) is 0 Å². The van der Waals surface area contributed by atoms with Gasteiger partial charge in [0.05, 0.1) is 9.92 Å². The number of nitrogens with zero attached hydrogens (tertiary/aromatic N) is 3. The highest BCUT2D eigenvalue weighted by Gasteiger charge is 2.34. The summed E-state index contributed by atoms with van der Waals surface area (Å²) in [6.45, 7) is 8.79. The molecule has 2 aromatic carbocycles. The van der Waals surface area contributed by atoms with E-state index in [1.54, 1.807) is 60.7 Å². The van der Waals surface area contributed by atoms with Crippen LogP contribution in [-0.2, 0) is 28.5 Å². The molecule has 0 radical (unpaired) electrons. The Morgan fingerprint density at radius 3 is 1.76 bits per heavy atom. The van der Waals surface area contributed by atoms with Gasteiger partial charge in [-0.05, 0) is 26.0 Å². The minimum atomic E-state index is -1.06. The highest BCUT2D eigenvalue weighted by atomic mass is 16.6. The zero-order valence-corrected chi connectivity index (χ0v) is 21.1. The maximum atomic E-state index is 13.1. The summed E-state index contributed by atoms with van der Waals surface area (Å²) in [5.74, 6) is -1.28. The number of carbonyl (C=O) groups is 4. The Hall–Kier alpha value is -5.00. The predicted molar refractivity (Wildman–Crippen MR) is 134 cm³/mol. The topological polar surface area (TPSA) is 136 Å².